The van der Waals surface area contributed by atoms with Crippen LogP contribution in [0.5, 0.6) is 0 Å². The number of hydrogen-bond acceptors (Lipinski definition) is 3. The van der Waals surface area contributed by atoms with E-state index >= 15 is 0 Å². The van der Waals surface area contributed by atoms with Gasteiger partial charge in [0.15, 0.2) is 0 Å². The summed E-state index contributed by atoms with van der Waals surface area (Å²) in [6.07, 6.45) is 8.08. The third-order valence-electron chi connectivity index (χ3n) is 2.90. The van der Waals surface area contributed by atoms with E-state index in [2.05, 4.69) is 11.9 Å². The summed E-state index contributed by atoms with van der Waals surface area (Å²) in [5, 5.41) is 3.23. The van der Waals surface area contributed by atoms with Crippen molar-refractivity contribution in [2.75, 3.05) is 6.61 Å². The SMILES string of the molecule is CCOC1(c2nccs2)CCCCC1. The molecular weight excluding hydrogens is 194 g/mol. The van der Waals surface area contributed by atoms with Gasteiger partial charge in [0, 0.05) is 18.2 Å². The Morgan fingerprint density at radius 2 is 2.21 bits per heavy atom. The highest BCUT2D eigenvalue weighted by Crippen LogP contribution is 2.41. The highest BCUT2D eigenvalue weighted by molar-refractivity contribution is 7.09. The highest BCUT2D eigenvalue weighted by Gasteiger charge is 2.36. The molecule has 1 aromatic heterocycles. The molecule has 1 aromatic rings. The minimum Gasteiger partial charge on any atom is -0.368 e. The number of thiazole rings is 1. The molecule has 1 fully saturated rings. The van der Waals surface area contributed by atoms with Crippen molar-refractivity contribution in [2.45, 2.75) is 44.6 Å². The molecule has 2 rings (SSSR count). The highest BCUT2D eigenvalue weighted by atomic mass is 32.1. The molecule has 0 amide bonds. The van der Waals surface area contributed by atoms with Crippen molar-refractivity contribution < 1.29 is 4.74 Å². The first-order valence-corrected chi connectivity index (χ1v) is 6.29. The molecule has 0 aromatic carbocycles. The van der Waals surface area contributed by atoms with Gasteiger partial charge in [0.2, 0.25) is 0 Å². The first kappa shape index (κ1) is 10.1. The van der Waals surface area contributed by atoms with Crippen molar-refractivity contribution in [3.05, 3.63) is 16.6 Å². The number of hydrogen-bond donors (Lipinski definition) is 0. The van der Waals surface area contributed by atoms with E-state index in [1.165, 1.54) is 24.3 Å². The van der Waals surface area contributed by atoms with E-state index in [4.69, 9.17) is 4.74 Å². The Morgan fingerprint density at radius 1 is 1.43 bits per heavy atom. The van der Waals surface area contributed by atoms with Crippen LogP contribution in [0.2, 0.25) is 0 Å². The average molecular weight is 211 g/mol. The van der Waals surface area contributed by atoms with Gasteiger partial charge in [-0.1, -0.05) is 19.3 Å². The lowest BCUT2D eigenvalue weighted by molar-refractivity contribution is -0.0704. The lowest BCUT2D eigenvalue weighted by Gasteiger charge is -2.35. The number of rotatable bonds is 3. The molecule has 14 heavy (non-hydrogen) atoms. The van der Waals surface area contributed by atoms with Gasteiger partial charge < -0.3 is 4.74 Å². The van der Waals surface area contributed by atoms with Crippen molar-refractivity contribution in [3.8, 4) is 0 Å². The minimum atomic E-state index is -0.0405. The minimum absolute atomic E-state index is 0.0405. The Hall–Kier alpha value is -0.410. The molecule has 1 heterocycles. The Balaban J connectivity index is 2.20. The molecule has 1 aliphatic carbocycles. The molecule has 3 heteroatoms. The van der Waals surface area contributed by atoms with Crippen molar-refractivity contribution in [1.82, 2.24) is 4.98 Å². The Kier molecular flexibility index (Phi) is 3.19. The molecule has 0 radical (unpaired) electrons. The number of ether oxygens (including phenoxy) is 1. The quantitative estimate of drug-likeness (QED) is 0.765. The second-order valence-corrected chi connectivity index (χ2v) is 4.72. The molecule has 0 aliphatic heterocycles. The van der Waals surface area contributed by atoms with Gasteiger partial charge in [-0.3, -0.25) is 0 Å². The molecule has 0 N–H and O–H groups in total. The zero-order chi connectivity index (χ0) is 9.86. The van der Waals surface area contributed by atoms with Gasteiger partial charge in [0.1, 0.15) is 10.6 Å². The lowest BCUT2D eigenvalue weighted by Crippen LogP contribution is -2.32. The maximum atomic E-state index is 5.96. The fourth-order valence-electron chi connectivity index (χ4n) is 2.27. The predicted octanol–water partition coefficient (Wildman–Crippen LogP) is 3.34. The van der Waals surface area contributed by atoms with Crippen LogP contribution in [0.15, 0.2) is 11.6 Å². The molecule has 78 valence electrons. The van der Waals surface area contributed by atoms with Crippen molar-refractivity contribution >= 4 is 11.3 Å². The van der Waals surface area contributed by atoms with Crippen LogP contribution in [-0.4, -0.2) is 11.6 Å². The van der Waals surface area contributed by atoms with Crippen LogP contribution in [0.1, 0.15) is 44.0 Å². The summed E-state index contributed by atoms with van der Waals surface area (Å²) in [4.78, 5) is 4.42. The summed E-state index contributed by atoms with van der Waals surface area (Å²) >= 11 is 1.73. The number of nitrogens with zero attached hydrogens (tertiary/aromatic N) is 1. The Bertz CT molecular complexity index is 259. The smallest absolute Gasteiger partial charge is 0.125 e. The molecular formula is C11H17NOS. The standard InChI is InChI=1S/C11H17NOS/c1-2-13-11(6-4-3-5-7-11)10-12-8-9-14-10/h8-9H,2-7H2,1H3. The molecule has 1 saturated carbocycles. The van der Waals surface area contributed by atoms with E-state index in [-0.39, 0.29) is 5.60 Å². The van der Waals surface area contributed by atoms with Gasteiger partial charge in [-0.15, -0.1) is 11.3 Å². The third-order valence-corrected chi connectivity index (χ3v) is 3.86. The normalized spacial score (nSPS) is 20.9. The predicted molar refractivity (Wildman–Crippen MR) is 58.5 cm³/mol. The van der Waals surface area contributed by atoms with E-state index < -0.39 is 0 Å². The maximum absolute atomic E-state index is 5.96. The van der Waals surface area contributed by atoms with Gasteiger partial charge in [-0.25, -0.2) is 4.98 Å². The summed E-state index contributed by atoms with van der Waals surface area (Å²) in [6.45, 7) is 2.86. The van der Waals surface area contributed by atoms with Crippen molar-refractivity contribution in [3.63, 3.8) is 0 Å². The average Bonchev–Trinajstić information content (AvgIpc) is 2.73. The summed E-state index contributed by atoms with van der Waals surface area (Å²) in [5.74, 6) is 0. The van der Waals surface area contributed by atoms with Crippen LogP contribution in [0.25, 0.3) is 0 Å². The monoisotopic (exact) mass is 211 g/mol. The molecule has 1 aliphatic rings. The van der Waals surface area contributed by atoms with Gasteiger partial charge in [0.25, 0.3) is 0 Å². The molecule has 0 saturated heterocycles. The van der Waals surface area contributed by atoms with Gasteiger partial charge in [-0.2, -0.15) is 0 Å². The van der Waals surface area contributed by atoms with Gasteiger partial charge in [-0.05, 0) is 19.8 Å². The second kappa shape index (κ2) is 4.41. The molecule has 0 unspecified atom stereocenters. The van der Waals surface area contributed by atoms with E-state index in [0.717, 1.165) is 19.4 Å². The molecule has 0 spiro atoms. The van der Waals surface area contributed by atoms with E-state index in [1.54, 1.807) is 11.3 Å². The largest absolute Gasteiger partial charge is 0.368 e. The first-order valence-electron chi connectivity index (χ1n) is 5.41. The fourth-order valence-corrected chi connectivity index (χ4v) is 3.12. The maximum Gasteiger partial charge on any atom is 0.125 e. The van der Waals surface area contributed by atoms with E-state index in [9.17, 15) is 0 Å². The Morgan fingerprint density at radius 3 is 2.79 bits per heavy atom. The van der Waals surface area contributed by atoms with Gasteiger partial charge in [0.05, 0.1) is 0 Å². The van der Waals surface area contributed by atoms with Crippen LogP contribution in [-0.2, 0) is 10.3 Å². The van der Waals surface area contributed by atoms with Crippen LogP contribution < -0.4 is 0 Å². The van der Waals surface area contributed by atoms with E-state index in [1.807, 2.05) is 11.6 Å². The van der Waals surface area contributed by atoms with Crippen LogP contribution in [0, 0.1) is 0 Å². The summed E-state index contributed by atoms with van der Waals surface area (Å²) < 4.78 is 5.96. The lowest BCUT2D eigenvalue weighted by atomic mass is 9.85. The summed E-state index contributed by atoms with van der Waals surface area (Å²) in [5.41, 5.74) is -0.0405. The topological polar surface area (TPSA) is 22.1 Å². The zero-order valence-corrected chi connectivity index (χ0v) is 9.48. The summed E-state index contributed by atoms with van der Waals surface area (Å²) in [6, 6.07) is 0. The molecule has 2 nitrogen and oxygen atoms in total. The molecule has 0 bridgehead atoms. The third kappa shape index (κ3) is 1.84. The first-order chi connectivity index (χ1) is 6.87. The zero-order valence-electron chi connectivity index (χ0n) is 8.66. The van der Waals surface area contributed by atoms with Crippen molar-refractivity contribution in [2.24, 2.45) is 0 Å². The van der Waals surface area contributed by atoms with Crippen LogP contribution in [0.4, 0.5) is 0 Å². The summed E-state index contributed by atoms with van der Waals surface area (Å²) in [7, 11) is 0. The fraction of sp³-hybridized carbons (Fsp3) is 0.727. The van der Waals surface area contributed by atoms with E-state index in [0.29, 0.717) is 0 Å². The van der Waals surface area contributed by atoms with Gasteiger partial charge >= 0.3 is 0 Å². The van der Waals surface area contributed by atoms with Crippen LogP contribution in [0.3, 0.4) is 0 Å². The van der Waals surface area contributed by atoms with Crippen molar-refractivity contribution in [1.29, 1.82) is 0 Å². The second-order valence-electron chi connectivity index (χ2n) is 3.83. The number of aromatic nitrogens is 1. The Labute approximate surface area is 89.3 Å². The molecule has 0 atom stereocenters. The van der Waals surface area contributed by atoms with Crippen LogP contribution >= 0.6 is 11.3 Å².